The molecule has 0 saturated carbocycles. The van der Waals surface area contributed by atoms with Gasteiger partial charge in [-0.2, -0.15) is 0 Å². The van der Waals surface area contributed by atoms with Gasteiger partial charge in [0.2, 0.25) is 10.0 Å². The van der Waals surface area contributed by atoms with Crippen molar-refractivity contribution < 1.29 is 23.4 Å². The Kier molecular flexibility index (Phi) is 2.89. The van der Waals surface area contributed by atoms with E-state index in [4.69, 9.17) is 27.0 Å². The highest BCUT2D eigenvalue weighted by atomic mass is 35.5. The van der Waals surface area contributed by atoms with Gasteiger partial charge < -0.3 is 10.2 Å². The highest BCUT2D eigenvalue weighted by Gasteiger charge is 2.19. The van der Waals surface area contributed by atoms with Crippen LogP contribution in [0, 0.1) is 0 Å². The van der Waals surface area contributed by atoms with Gasteiger partial charge in [0.1, 0.15) is 16.2 Å². The maximum atomic E-state index is 11.0. The van der Waals surface area contributed by atoms with Crippen molar-refractivity contribution >= 4 is 27.6 Å². The second-order valence-corrected chi connectivity index (χ2v) is 4.59. The number of phenols is 1. The summed E-state index contributed by atoms with van der Waals surface area (Å²) in [6, 6.07) is 1.51. The lowest BCUT2D eigenvalue weighted by Crippen LogP contribution is -2.13. The van der Waals surface area contributed by atoms with Gasteiger partial charge in [-0.15, -0.1) is 0 Å². The molecule has 0 amide bonds. The van der Waals surface area contributed by atoms with Crippen LogP contribution in [0.5, 0.6) is 5.75 Å². The lowest BCUT2D eigenvalue weighted by molar-refractivity contribution is 0.0693. The molecule has 0 aliphatic carbocycles. The first-order valence-corrected chi connectivity index (χ1v) is 5.44. The van der Waals surface area contributed by atoms with Crippen molar-refractivity contribution in [2.75, 3.05) is 0 Å². The smallest absolute Gasteiger partial charge is 0.339 e. The predicted molar refractivity (Wildman–Crippen MR) is 51.4 cm³/mol. The summed E-state index contributed by atoms with van der Waals surface area (Å²) in [6.45, 7) is 0. The molecule has 6 nitrogen and oxygen atoms in total. The van der Waals surface area contributed by atoms with E-state index in [2.05, 4.69) is 0 Å². The largest absolute Gasteiger partial charge is 0.507 e. The third-order valence-corrected chi connectivity index (χ3v) is 2.96. The fourth-order valence-corrected chi connectivity index (χ4v) is 2.03. The van der Waals surface area contributed by atoms with E-state index in [0.717, 1.165) is 6.07 Å². The Hall–Kier alpha value is -1.31. The van der Waals surface area contributed by atoms with Crippen LogP contribution in [-0.4, -0.2) is 24.6 Å². The minimum Gasteiger partial charge on any atom is -0.507 e. The highest BCUT2D eigenvalue weighted by Crippen LogP contribution is 2.28. The lowest BCUT2D eigenvalue weighted by Gasteiger charge is -2.05. The second-order valence-electron chi connectivity index (χ2n) is 2.65. The molecule has 1 aromatic rings. The molecule has 0 bridgehead atoms. The summed E-state index contributed by atoms with van der Waals surface area (Å²) >= 11 is 5.48. The molecule has 82 valence electrons. The summed E-state index contributed by atoms with van der Waals surface area (Å²) in [7, 11) is -4.11. The molecule has 8 heteroatoms. The van der Waals surface area contributed by atoms with Crippen molar-refractivity contribution in [1.29, 1.82) is 0 Å². The third kappa shape index (κ3) is 2.38. The average molecular weight is 252 g/mol. The van der Waals surface area contributed by atoms with Crippen molar-refractivity contribution in [3.63, 3.8) is 0 Å². The van der Waals surface area contributed by atoms with Crippen LogP contribution in [0.1, 0.15) is 10.4 Å². The van der Waals surface area contributed by atoms with Crippen molar-refractivity contribution in [3.05, 3.63) is 22.7 Å². The number of carbonyl (C=O) groups is 1. The van der Waals surface area contributed by atoms with Crippen LogP contribution in [0.3, 0.4) is 0 Å². The van der Waals surface area contributed by atoms with Crippen LogP contribution in [0.25, 0.3) is 0 Å². The molecule has 0 spiro atoms. The Morgan fingerprint density at radius 2 is 1.93 bits per heavy atom. The molecular weight excluding hydrogens is 246 g/mol. The fraction of sp³-hybridized carbons (Fsp3) is 0. The maximum absolute atomic E-state index is 11.0. The van der Waals surface area contributed by atoms with Crippen molar-refractivity contribution in [2.45, 2.75) is 4.90 Å². The van der Waals surface area contributed by atoms with E-state index >= 15 is 0 Å². The molecule has 4 N–H and O–H groups in total. The average Bonchev–Trinajstić information content (AvgIpc) is 2.00. The Morgan fingerprint density at radius 1 is 1.40 bits per heavy atom. The zero-order valence-corrected chi connectivity index (χ0v) is 8.71. The van der Waals surface area contributed by atoms with E-state index in [9.17, 15) is 13.2 Å². The van der Waals surface area contributed by atoms with Crippen LogP contribution in [0.2, 0.25) is 5.02 Å². The summed E-state index contributed by atoms with van der Waals surface area (Å²) in [6.07, 6.45) is 0. The number of nitrogens with two attached hydrogens (primary N) is 1. The van der Waals surface area contributed by atoms with Gasteiger partial charge in [0, 0.05) is 6.07 Å². The highest BCUT2D eigenvalue weighted by molar-refractivity contribution is 7.89. The van der Waals surface area contributed by atoms with E-state index in [1.165, 1.54) is 0 Å². The number of rotatable bonds is 2. The summed E-state index contributed by atoms with van der Waals surface area (Å²) in [5.74, 6) is -2.10. The van der Waals surface area contributed by atoms with Gasteiger partial charge in [-0.1, -0.05) is 11.6 Å². The van der Waals surface area contributed by atoms with Gasteiger partial charge in [0.15, 0.2) is 0 Å². The molecule has 15 heavy (non-hydrogen) atoms. The van der Waals surface area contributed by atoms with Gasteiger partial charge in [-0.25, -0.2) is 18.4 Å². The van der Waals surface area contributed by atoms with Crippen LogP contribution < -0.4 is 5.14 Å². The number of aromatic hydroxyl groups is 1. The molecule has 0 unspecified atom stereocenters. The normalized spacial score (nSPS) is 11.3. The summed E-state index contributed by atoms with van der Waals surface area (Å²) in [5, 5.41) is 22.2. The van der Waals surface area contributed by atoms with E-state index in [0.29, 0.717) is 6.07 Å². The van der Waals surface area contributed by atoms with Gasteiger partial charge >= 0.3 is 5.97 Å². The van der Waals surface area contributed by atoms with Crippen LogP contribution in [0.4, 0.5) is 0 Å². The van der Waals surface area contributed by atoms with Crippen molar-refractivity contribution in [1.82, 2.24) is 0 Å². The van der Waals surface area contributed by atoms with Crippen molar-refractivity contribution in [2.24, 2.45) is 5.14 Å². The third-order valence-electron chi connectivity index (χ3n) is 1.59. The number of sulfonamides is 1. The standard InChI is InChI=1S/C7H6ClNO5S/c8-4-2-5(10)3(7(11)12)1-6(4)15(9,13)14/h1-2,10H,(H,11,12)(H2,9,13,14). The number of primary sulfonamides is 1. The first-order chi connectivity index (χ1) is 6.73. The van der Waals surface area contributed by atoms with Crippen LogP contribution in [0.15, 0.2) is 17.0 Å². The zero-order chi connectivity index (χ0) is 11.8. The van der Waals surface area contributed by atoms with Crippen LogP contribution >= 0.6 is 11.6 Å². The SMILES string of the molecule is NS(=O)(=O)c1cc(C(=O)O)c(O)cc1Cl. The first kappa shape index (κ1) is 11.8. The molecular formula is C7H6ClNO5S. The Balaban J connectivity index is 3.58. The Labute approximate surface area is 90.0 Å². The molecule has 0 aromatic heterocycles. The number of hydrogen-bond acceptors (Lipinski definition) is 4. The number of carboxylic acids is 1. The molecule has 0 atom stereocenters. The van der Waals surface area contributed by atoms with E-state index in [1.807, 2.05) is 0 Å². The Bertz CT molecular complexity index is 524. The van der Waals surface area contributed by atoms with Gasteiger partial charge in [-0.3, -0.25) is 0 Å². The molecule has 1 aromatic carbocycles. The molecule has 0 saturated heterocycles. The summed E-state index contributed by atoms with van der Waals surface area (Å²) in [5.41, 5.74) is -0.580. The van der Waals surface area contributed by atoms with Crippen LogP contribution in [-0.2, 0) is 10.0 Å². The topological polar surface area (TPSA) is 118 Å². The maximum Gasteiger partial charge on any atom is 0.339 e. The zero-order valence-electron chi connectivity index (χ0n) is 7.14. The van der Waals surface area contributed by atoms with Gasteiger partial charge in [0.25, 0.3) is 0 Å². The quantitative estimate of drug-likeness (QED) is 0.703. The molecule has 0 aliphatic rings. The van der Waals surface area contributed by atoms with E-state index in [1.54, 1.807) is 0 Å². The molecule has 0 radical (unpaired) electrons. The molecule has 0 fully saturated rings. The Morgan fingerprint density at radius 3 is 2.33 bits per heavy atom. The van der Waals surface area contributed by atoms with E-state index in [-0.39, 0.29) is 5.02 Å². The molecule has 1 rings (SSSR count). The fourth-order valence-electron chi connectivity index (χ4n) is 0.932. The van der Waals surface area contributed by atoms with Gasteiger partial charge in [-0.05, 0) is 6.07 Å². The van der Waals surface area contributed by atoms with E-state index < -0.39 is 32.2 Å². The number of aromatic carboxylic acids is 1. The number of carboxylic acid groups (broad SMARTS) is 1. The predicted octanol–water partition coefficient (Wildman–Crippen LogP) is 0.391. The summed E-state index contributed by atoms with van der Waals surface area (Å²) in [4.78, 5) is 10.0. The molecule has 0 heterocycles. The van der Waals surface area contributed by atoms with Gasteiger partial charge in [0.05, 0.1) is 5.02 Å². The van der Waals surface area contributed by atoms with Crippen molar-refractivity contribution in [3.8, 4) is 5.75 Å². The second kappa shape index (κ2) is 3.69. The minimum absolute atomic E-state index is 0.333. The summed E-state index contributed by atoms with van der Waals surface area (Å²) < 4.78 is 21.9. The first-order valence-electron chi connectivity index (χ1n) is 3.52. The number of benzene rings is 1. The lowest BCUT2D eigenvalue weighted by atomic mass is 10.2. The number of halogens is 1. The minimum atomic E-state index is -4.11. The monoisotopic (exact) mass is 251 g/mol. The number of hydrogen-bond donors (Lipinski definition) is 3. The molecule has 0 aliphatic heterocycles.